The number of fused-ring (bicyclic) bond motifs is 2. The number of thiazole rings is 1. The van der Waals surface area contributed by atoms with Gasteiger partial charge in [-0.25, -0.2) is 9.78 Å². The molecular weight excluding hydrogens is 581 g/mol. The Kier molecular flexibility index (Phi) is 8.51. The number of allylic oxidation sites excluding steroid dienone is 2. The lowest BCUT2D eigenvalue weighted by molar-refractivity contribution is -0.115. The number of rotatable bonds is 7. The van der Waals surface area contributed by atoms with Crippen molar-refractivity contribution in [3.05, 3.63) is 108 Å². The molecule has 0 bridgehead atoms. The summed E-state index contributed by atoms with van der Waals surface area (Å²) in [6.07, 6.45) is 8.91. The topological polar surface area (TPSA) is 74.3 Å². The Hall–Kier alpha value is -3.79. The van der Waals surface area contributed by atoms with Crippen LogP contribution in [0.2, 0.25) is 0 Å². The van der Waals surface area contributed by atoms with Crippen molar-refractivity contribution >= 4 is 63.3 Å². The predicted molar refractivity (Wildman–Crippen MR) is 177 cm³/mol. The van der Waals surface area contributed by atoms with Gasteiger partial charge < -0.3 is 10.6 Å². The second kappa shape index (κ2) is 12.6. The molecule has 2 N–H and O–H groups in total. The number of aryl methyl sites for hydroxylation is 1. The quantitative estimate of drug-likeness (QED) is 0.205. The Bertz CT molecular complexity index is 1660. The standard InChI is InChI=1S/C33H30N4O2S3/c1-3-28(31(38)36-32-35-25(20-40-32)22-17-15-21(2)16-18-22)41-24-10-8-9-23(19-24)34-33(39)37-26-11-4-6-13-29(26)42-30-14-7-5-12-27(30)37/h4-20,26,28-29H,3H2,1-2H3,(H,34,39)(H,35,36,38). The van der Waals surface area contributed by atoms with E-state index < -0.39 is 0 Å². The number of benzene rings is 3. The van der Waals surface area contributed by atoms with Crippen LogP contribution in [-0.2, 0) is 4.79 Å². The maximum Gasteiger partial charge on any atom is 0.326 e. The van der Waals surface area contributed by atoms with Crippen LogP contribution in [0.3, 0.4) is 0 Å². The van der Waals surface area contributed by atoms with E-state index in [1.165, 1.54) is 28.7 Å². The first-order valence-corrected chi connectivity index (χ1v) is 16.4. The molecule has 4 aromatic rings. The van der Waals surface area contributed by atoms with Crippen LogP contribution < -0.4 is 15.5 Å². The van der Waals surface area contributed by atoms with Gasteiger partial charge >= 0.3 is 6.03 Å². The van der Waals surface area contributed by atoms with Crippen molar-refractivity contribution in [2.24, 2.45) is 0 Å². The van der Waals surface area contributed by atoms with Gasteiger partial charge in [-0.2, -0.15) is 0 Å². The Morgan fingerprint density at radius 2 is 1.81 bits per heavy atom. The molecule has 3 aromatic carbocycles. The van der Waals surface area contributed by atoms with Crippen molar-refractivity contribution in [3.63, 3.8) is 0 Å². The van der Waals surface area contributed by atoms with Crippen molar-refractivity contribution in [1.82, 2.24) is 4.98 Å². The molecule has 3 atom stereocenters. The number of hydrogen-bond acceptors (Lipinski definition) is 6. The first-order chi connectivity index (χ1) is 20.5. The molecule has 6 nitrogen and oxygen atoms in total. The maximum atomic E-state index is 13.7. The smallest absolute Gasteiger partial charge is 0.307 e. The largest absolute Gasteiger partial charge is 0.326 e. The van der Waals surface area contributed by atoms with Gasteiger partial charge in [0.05, 0.1) is 27.9 Å². The van der Waals surface area contributed by atoms with Crippen LogP contribution in [0.1, 0.15) is 18.9 Å². The van der Waals surface area contributed by atoms with E-state index in [0.29, 0.717) is 17.2 Å². The highest BCUT2D eigenvalue weighted by atomic mass is 32.2. The molecule has 3 unspecified atom stereocenters. The fraction of sp³-hybridized carbons (Fsp3) is 0.182. The zero-order valence-corrected chi connectivity index (χ0v) is 25.6. The van der Waals surface area contributed by atoms with Gasteiger partial charge in [-0.15, -0.1) is 34.9 Å². The number of anilines is 3. The summed E-state index contributed by atoms with van der Waals surface area (Å²) in [4.78, 5) is 35.3. The van der Waals surface area contributed by atoms with Gasteiger partial charge in [-0.05, 0) is 43.7 Å². The number of aromatic nitrogens is 1. The van der Waals surface area contributed by atoms with Crippen molar-refractivity contribution in [2.75, 3.05) is 15.5 Å². The van der Waals surface area contributed by atoms with Crippen molar-refractivity contribution in [1.29, 1.82) is 0 Å². The number of para-hydroxylation sites is 1. The molecule has 0 saturated carbocycles. The van der Waals surface area contributed by atoms with Gasteiger partial charge in [0.25, 0.3) is 0 Å². The number of amides is 3. The monoisotopic (exact) mass is 610 g/mol. The van der Waals surface area contributed by atoms with E-state index in [4.69, 9.17) is 0 Å². The number of nitrogens with zero attached hydrogens (tertiary/aromatic N) is 2. The van der Waals surface area contributed by atoms with Gasteiger partial charge in [0.1, 0.15) is 0 Å². The van der Waals surface area contributed by atoms with Crippen LogP contribution in [-0.4, -0.2) is 33.5 Å². The molecule has 0 fully saturated rings. The molecule has 0 saturated heterocycles. The molecule has 42 heavy (non-hydrogen) atoms. The molecule has 1 aliphatic carbocycles. The normalized spacial score (nSPS) is 17.7. The second-order valence-corrected chi connectivity index (χ2v) is 13.4. The van der Waals surface area contributed by atoms with Crippen LogP contribution in [0, 0.1) is 6.92 Å². The summed E-state index contributed by atoms with van der Waals surface area (Å²) in [6.45, 7) is 4.05. The first-order valence-electron chi connectivity index (χ1n) is 13.8. The third-order valence-corrected chi connectivity index (χ3v) is 10.5. The number of hydrogen-bond donors (Lipinski definition) is 2. The van der Waals surface area contributed by atoms with E-state index in [0.717, 1.165) is 26.7 Å². The molecule has 1 aliphatic heterocycles. The van der Waals surface area contributed by atoms with Gasteiger partial charge in [0.15, 0.2) is 5.13 Å². The summed E-state index contributed by atoms with van der Waals surface area (Å²) in [5.41, 5.74) is 4.65. The van der Waals surface area contributed by atoms with Crippen LogP contribution in [0.15, 0.2) is 112 Å². The maximum absolute atomic E-state index is 13.7. The minimum Gasteiger partial charge on any atom is -0.307 e. The molecule has 9 heteroatoms. The van der Waals surface area contributed by atoms with Crippen LogP contribution in [0.5, 0.6) is 0 Å². The average molecular weight is 611 g/mol. The van der Waals surface area contributed by atoms with Crippen LogP contribution >= 0.6 is 34.9 Å². The van der Waals surface area contributed by atoms with E-state index in [2.05, 4.69) is 52.9 Å². The number of carbonyl (C=O) groups is 2. The van der Waals surface area contributed by atoms with Gasteiger partial charge in [-0.1, -0.05) is 79.3 Å². The molecule has 6 rings (SSSR count). The highest BCUT2D eigenvalue weighted by Gasteiger charge is 2.36. The van der Waals surface area contributed by atoms with Crippen molar-refractivity contribution < 1.29 is 9.59 Å². The third-order valence-electron chi connectivity index (χ3n) is 7.07. The Labute approximate surface area is 258 Å². The van der Waals surface area contributed by atoms with Gasteiger partial charge in [-0.3, -0.25) is 9.69 Å². The minimum atomic E-state index is -0.311. The Morgan fingerprint density at radius 1 is 1.00 bits per heavy atom. The van der Waals surface area contributed by atoms with Gasteiger partial charge in [0.2, 0.25) is 5.91 Å². The number of urea groups is 1. The lowest BCUT2D eigenvalue weighted by Gasteiger charge is -2.40. The van der Waals surface area contributed by atoms with Crippen LogP contribution in [0.25, 0.3) is 11.3 Å². The highest BCUT2D eigenvalue weighted by molar-refractivity contribution is 8.00. The Balaban J connectivity index is 1.13. The molecule has 2 aliphatic rings. The second-order valence-electron chi connectivity index (χ2n) is 10.0. The zero-order valence-electron chi connectivity index (χ0n) is 23.2. The highest BCUT2D eigenvalue weighted by Crippen LogP contribution is 2.43. The minimum absolute atomic E-state index is 0.0713. The lowest BCUT2D eigenvalue weighted by atomic mass is 10.1. The first kappa shape index (κ1) is 28.3. The molecule has 3 amide bonds. The fourth-order valence-corrected chi connectivity index (χ4v) is 7.91. The SMILES string of the molecule is CCC(Sc1cccc(NC(=O)N2c3ccccc3SC3C=CC=CC32)c1)C(=O)Nc1nc(-c2ccc(C)cc2)cs1. The summed E-state index contributed by atoms with van der Waals surface area (Å²) in [7, 11) is 0. The van der Waals surface area contributed by atoms with Crippen molar-refractivity contribution in [3.8, 4) is 11.3 Å². The van der Waals surface area contributed by atoms with E-state index in [1.54, 1.807) is 11.8 Å². The molecule has 0 radical (unpaired) electrons. The predicted octanol–water partition coefficient (Wildman–Crippen LogP) is 8.64. The third kappa shape index (κ3) is 6.18. The molecular formula is C33H30N4O2S3. The number of carbonyl (C=O) groups excluding carboxylic acids is 2. The molecule has 212 valence electrons. The Morgan fingerprint density at radius 3 is 2.64 bits per heavy atom. The lowest BCUT2D eigenvalue weighted by Crippen LogP contribution is -2.49. The van der Waals surface area contributed by atoms with Crippen molar-refractivity contribution in [2.45, 2.75) is 46.6 Å². The molecule has 2 heterocycles. The van der Waals surface area contributed by atoms with E-state index in [1.807, 2.05) is 84.0 Å². The number of nitrogens with one attached hydrogen (secondary N) is 2. The van der Waals surface area contributed by atoms with Crippen LogP contribution in [0.4, 0.5) is 21.3 Å². The van der Waals surface area contributed by atoms with E-state index in [-0.39, 0.29) is 28.5 Å². The van der Waals surface area contributed by atoms with E-state index in [9.17, 15) is 9.59 Å². The summed E-state index contributed by atoms with van der Waals surface area (Å²) in [6, 6.07) is 23.6. The fourth-order valence-electron chi connectivity index (χ4n) is 4.92. The number of thioether (sulfide) groups is 2. The van der Waals surface area contributed by atoms with E-state index >= 15 is 0 Å². The average Bonchev–Trinajstić information content (AvgIpc) is 3.47. The zero-order chi connectivity index (χ0) is 29.1. The van der Waals surface area contributed by atoms with Gasteiger partial charge in [0, 0.05) is 26.4 Å². The molecule has 0 spiro atoms. The summed E-state index contributed by atoms with van der Waals surface area (Å²) in [5, 5.41) is 8.49. The summed E-state index contributed by atoms with van der Waals surface area (Å²) in [5.74, 6) is -0.0904. The summed E-state index contributed by atoms with van der Waals surface area (Å²) < 4.78 is 0. The summed E-state index contributed by atoms with van der Waals surface area (Å²) >= 11 is 4.68. The molecule has 1 aromatic heterocycles.